The van der Waals surface area contributed by atoms with Crippen LogP contribution in [0.3, 0.4) is 0 Å². The van der Waals surface area contributed by atoms with Gasteiger partial charge >= 0.3 is 0 Å². The highest BCUT2D eigenvalue weighted by atomic mass is 32.1. The maximum absolute atomic E-state index is 12.3. The van der Waals surface area contributed by atoms with Gasteiger partial charge in [0.15, 0.2) is 0 Å². The van der Waals surface area contributed by atoms with Gasteiger partial charge in [0, 0.05) is 23.4 Å². The smallest absolute Gasteiger partial charge is 0.263 e. The number of thiophene rings is 1. The predicted molar refractivity (Wildman–Crippen MR) is 75.1 cm³/mol. The average Bonchev–Trinajstić information content (AvgIpc) is 2.74. The van der Waals surface area contributed by atoms with Crippen LogP contribution in [-0.2, 0) is 0 Å². The van der Waals surface area contributed by atoms with Crippen molar-refractivity contribution in [2.75, 3.05) is 7.05 Å². The predicted octanol–water partition coefficient (Wildman–Crippen LogP) is 3.69. The minimum Gasteiger partial charge on any atom is -0.338 e. The zero-order valence-corrected chi connectivity index (χ0v) is 12.1. The summed E-state index contributed by atoms with van der Waals surface area (Å²) in [6.45, 7) is 2.28. The Kier molecular flexibility index (Phi) is 4.15. The average molecular weight is 269 g/mol. The van der Waals surface area contributed by atoms with Crippen LogP contribution in [0.5, 0.6) is 0 Å². The SMILES string of the molecule is CC1CCCC(N(C)C(=O)c2cc(S)cs2)C1. The Morgan fingerprint density at radius 3 is 2.88 bits per heavy atom. The van der Waals surface area contributed by atoms with Gasteiger partial charge in [0.05, 0.1) is 4.88 Å². The van der Waals surface area contributed by atoms with Crippen molar-refractivity contribution in [1.29, 1.82) is 0 Å². The van der Waals surface area contributed by atoms with Crippen LogP contribution >= 0.6 is 24.0 Å². The molecule has 0 aliphatic heterocycles. The minimum atomic E-state index is 0.148. The molecular formula is C13H19NOS2. The zero-order valence-electron chi connectivity index (χ0n) is 10.3. The second-order valence-electron chi connectivity index (χ2n) is 5.01. The maximum atomic E-state index is 12.3. The molecule has 0 saturated heterocycles. The summed E-state index contributed by atoms with van der Waals surface area (Å²) < 4.78 is 0. The Balaban J connectivity index is 2.04. The Hall–Kier alpha value is -0.480. The second-order valence-corrected chi connectivity index (χ2v) is 6.44. The van der Waals surface area contributed by atoms with Gasteiger partial charge in [-0.1, -0.05) is 19.8 Å². The van der Waals surface area contributed by atoms with Crippen LogP contribution < -0.4 is 0 Å². The summed E-state index contributed by atoms with van der Waals surface area (Å²) in [4.78, 5) is 15.9. The van der Waals surface area contributed by atoms with E-state index in [1.54, 1.807) is 0 Å². The Morgan fingerprint density at radius 1 is 1.53 bits per heavy atom. The highest BCUT2D eigenvalue weighted by Crippen LogP contribution is 2.28. The van der Waals surface area contributed by atoms with Crippen molar-refractivity contribution >= 4 is 29.9 Å². The van der Waals surface area contributed by atoms with Crippen LogP contribution in [0.2, 0.25) is 0 Å². The van der Waals surface area contributed by atoms with Crippen LogP contribution in [0, 0.1) is 5.92 Å². The number of thiol groups is 1. The highest BCUT2D eigenvalue weighted by Gasteiger charge is 2.26. The number of nitrogens with zero attached hydrogens (tertiary/aromatic N) is 1. The maximum Gasteiger partial charge on any atom is 0.263 e. The molecular weight excluding hydrogens is 250 g/mol. The van der Waals surface area contributed by atoms with Crippen molar-refractivity contribution in [3.05, 3.63) is 16.3 Å². The van der Waals surface area contributed by atoms with E-state index in [1.165, 1.54) is 24.2 Å². The topological polar surface area (TPSA) is 20.3 Å². The van der Waals surface area contributed by atoms with E-state index < -0.39 is 0 Å². The summed E-state index contributed by atoms with van der Waals surface area (Å²) in [6.07, 6.45) is 4.83. The molecule has 2 atom stereocenters. The number of hydrogen-bond acceptors (Lipinski definition) is 3. The Morgan fingerprint density at radius 2 is 2.29 bits per heavy atom. The lowest BCUT2D eigenvalue weighted by molar-refractivity contribution is 0.0677. The standard InChI is InChI=1S/C13H19NOS2/c1-9-4-3-5-10(6-9)14(2)13(15)12-7-11(16)8-17-12/h7-10,16H,3-6H2,1-2H3. The Labute approximate surface area is 112 Å². The van der Waals surface area contributed by atoms with E-state index in [9.17, 15) is 4.79 Å². The summed E-state index contributed by atoms with van der Waals surface area (Å²) in [5.41, 5.74) is 0. The van der Waals surface area contributed by atoms with Crippen LogP contribution in [0.1, 0.15) is 42.3 Å². The fourth-order valence-corrected chi connectivity index (χ4v) is 3.66. The van der Waals surface area contributed by atoms with Crippen molar-refractivity contribution in [2.45, 2.75) is 43.5 Å². The van der Waals surface area contributed by atoms with Crippen molar-refractivity contribution in [3.8, 4) is 0 Å². The molecule has 2 nitrogen and oxygen atoms in total. The Bertz CT molecular complexity index is 402. The zero-order chi connectivity index (χ0) is 12.4. The fraction of sp³-hybridized carbons (Fsp3) is 0.615. The van der Waals surface area contributed by atoms with Gasteiger partial charge in [0.1, 0.15) is 0 Å². The summed E-state index contributed by atoms with van der Waals surface area (Å²) >= 11 is 5.73. The molecule has 1 aliphatic rings. The van der Waals surface area contributed by atoms with E-state index >= 15 is 0 Å². The van der Waals surface area contributed by atoms with Crippen molar-refractivity contribution < 1.29 is 4.79 Å². The first kappa shape index (κ1) is 13.0. The van der Waals surface area contributed by atoms with Crippen molar-refractivity contribution in [1.82, 2.24) is 4.90 Å². The van der Waals surface area contributed by atoms with Gasteiger partial charge in [-0.25, -0.2) is 0 Å². The lowest BCUT2D eigenvalue weighted by Crippen LogP contribution is -2.39. The van der Waals surface area contributed by atoms with Crippen LogP contribution in [0.15, 0.2) is 16.3 Å². The van der Waals surface area contributed by atoms with E-state index in [1.807, 2.05) is 23.4 Å². The molecule has 1 saturated carbocycles. The summed E-state index contributed by atoms with van der Waals surface area (Å²) in [5.74, 6) is 0.891. The summed E-state index contributed by atoms with van der Waals surface area (Å²) in [5, 5.41) is 1.91. The molecule has 0 N–H and O–H groups in total. The van der Waals surface area contributed by atoms with Crippen molar-refractivity contribution in [3.63, 3.8) is 0 Å². The minimum absolute atomic E-state index is 0.148. The first-order valence-electron chi connectivity index (χ1n) is 6.12. The molecule has 17 heavy (non-hydrogen) atoms. The van der Waals surface area contributed by atoms with E-state index in [4.69, 9.17) is 0 Å². The molecule has 1 aromatic heterocycles. The molecule has 2 rings (SSSR count). The highest BCUT2D eigenvalue weighted by molar-refractivity contribution is 7.80. The van der Waals surface area contributed by atoms with E-state index in [2.05, 4.69) is 19.6 Å². The van der Waals surface area contributed by atoms with Crippen LogP contribution in [0.4, 0.5) is 0 Å². The monoisotopic (exact) mass is 269 g/mol. The van der Waals surface area contributed by atoms with Gasteiger partial charge in [-0.05, 0) is 24.8 Å². The van der Waals surface area contributed by atoms with Crippen LogP contribution in [-0.4, -0.2) is 23.9 Å². The molecule has 1 aliphatic carbocycles. The quantitative estimate of drug-likeness (QED) is 0.812. The summed E-state index contributed by atoms with van der Waals surface area (Å²) in [7, 11) is 1.93. The third kappa shape index (κ3) is 3.05. The largest absolute Gasteiger partial charge is 0.338 e. The van der Waals surface area contributed by atoms with Gasteiger partial charge in [0.25, 0.3) is 5.91 Å². The van der Waals surface area contributed by atoms with Gasteiger partial charge < -0.3 is 4.90 Å². The molecule has 1 heterocycles. The van der Waals surface area contributed by atoms with Crippen LogP contribution in [0.25, 0.3) is 0 Å². The lowest BCUT2D eigenvalue weighted by Gasteiger charge is -2.33. The third-order valence-electron chi connectivity index (χ3n) is 3.57. The number of carbonyl (C=O) groups is 1. The first-order valence-corrected chi connectivity index (χ1v) is 7.45. The number of amides is 1. The number of hydrogen-bond donors (Lipinski definition) is 1. The first-order chi connectivity index (χ1) is 8.08. The molecule has 94 valence electrons. The van der Waals surface area contributed by atoms with Gasteiger partial charge in [-0.2, -0.15) is 0 Å². The van der Waals surface area contributed by atoms with E-state index in [-0.39, 0.29) is 5.91 Å². The number of rotatable bonds is 2. The van der Waals surface area contributed by atoms with Crippen molar-refractivity contribution in [2.24, 2.45) is 5.92 Å². The molecule has 0 spiro atoms. The molecule has 1 aromatic rings. The second kappa shape index (κ2) is 5.44. The fourth-order valence-electron chi connectivity index (χ4n) is 2.53. The molecule has 1 fully saturated rings. The normalized spacial score (nSPS) is 24.6. The van der Waals surface area contributed by atoms with Gasteiger partial charge in [-0.3, -0.25) is 4.79 Å². The molecule has 2 unspecified atom stereocenters. The molecule has 1 amide bonds. The third-order valence-corrected chi connectivity index (χ3v) is 4.92. The molecule has 0 radical (unpaired) electrons. The molecule has 4 heteroatoms. The van der Waals surface area contributed by atoms with Gasteiger partial charge in [0.2, 0.25) is 0 Å². The van der Waals surface area contributed by atoms with Gasteiger partial charge in [-0.15, -0.1) is 24.0 Å². The van der Waals surface area contributed by atoms with E-state index in [0.717, 1.165) is 28.5 Å². The molecule has 0 bridgehead atoms. The van der Waals surface area contributed by atoms with E-state index in [0.29, 0.717) is 6.04 Å². The summed E-state index contributed by atoms with van der Waals surface area (Å²) in [6, 6.07) is 2.27. The lowest BCUT2D eigenvalue weighted by atomic mass is 9.86. The molecule has 0 aromatic carbocycles. The number of carbonyl (C=O) groups excluding carboxylic acids is 1.